The minimum absolute atomic E-state index is 0.0136. The zero-order chi connectivity index (χ0) is 22.4. The summed E-state index contributed by atoms with van der Waals surface area (Å²) in [6.45, 7) is 10.1. The van der Waals surface area contributed by atoms with Gasteiger partial charge in [-0.25, -0.2) is 9.59 Å². The van der Waals surface area contributed by atoms with Crippen molar-refractivity contribution in [3.8, 4) is 23.0 Å². The third-order valence-electron chi connectivity index (χ3n) is 3.97. The van der Waals surface area contributed by atoms with Gasteiger partial charge in [-0.1, -0.05) is 13.2 Å². The lowest BCUT2D eigenvalue weighted by molar-refractivity contribution is -0.130. The molecule has 7 nitrogen and oxygen atoms in total. The quantitative estimate of drug-likeness (QED) is 0.282. The number of ether oxygens (including phenoxy) is 4. The maximum Gasteiger partial charge on any atom is 0.338 e. The van der Waals surface area contributed by atoms with Gasteiger partial charge in [-0.2, -0.15) is 0 Å². The maximum atomic E-state index is 13.3. The molecule has 0 aliphatic rings. The first-order valence-corrected chi connectivity index (χ1v) is 8.84. The van der Waals surface area contributed by atoms with Gasteiger partial charge >= 0.3 is 11.9 Å². The van der Waals surface area contributed by atoms with Crippen molar-refractivity contribution >= 4 is 17.7 Å². The van der Waals surface area contributed by atoms with Crippen LogP contribution < -0.4 is 18.9 Å². The molecule has 0 aliphatic heterocycles. The van der Waals surface area contributed by atoms with Crippen LogP contribution in [-0.2, 0) is 9.59 Å². The van der Waals surface area contributed by atoms with Gasteiger partial charge in [0.2, 0.25) is 5.78 Å². The zero-order valence-corrected chi connectivity index (χ0v) is 17.2. The van der Waals surface area contributed by atoms with Crippen molar-refractivity contribution in [2.75, 3.05) is 14.2 Å². The van der Waals surface area contributed by atoms with Crippen LogP contribution in [0.4, 0.5) is 0 Å². The molecule has 0 N–H and O–H groups in total. The second kappa shape index (κ2) is 9.56. The van der Waals surface area contributed by atoms with E-state index in [-0.39, 0.29) is 33.8 Å². The fourth-order valence-electron chi connectivity index (χ4n) is 2.32. The lowest BCUT2D eigenvalue weighted by Gasteiger charge is -2.14. The number of benzene rings is 2. The first-order valence-electron chi connectivity index (χ1n) is 8.84. The molecule has 0 radical (unpaired) electrons. The number of rotatable bonds is 8. The molecule has 30 heavy (non-hydrogen) atoms. The van der Waals surface area contributed by atoms with Crippen molar-refractivity contribution in [1.29, 1.82) is 0 Å². The van der Waals surface area contributed by atoms with E-state index in [2.05, 4.69) is 13.2 Å². The highest BCUT2D eigenvalue weighted by atomic mass is 16.5. The van der Waals surface area contributed by atoms with E-state index in [0.29, 0.717) is 11.5 Å². The highest BCUT2D eigenvalue weighted by molar-refractivity contribution is 6.13. The number of carbonyl (C=O) groups excluding carboxylic acids is 3. The van der Waals surface area contributed by atoms with Crippen LogP contribution in [-0.4, -0.2) is 31.9 Å². The minimum Gasteiger partial charge on any atom is -0.497 e. The van der Waals surface area contributed by atoms with E-state index in [4.69, 9.17) is 18.9 Å². The lowest BCUT2D eigenvalue weighted by Crippen LogP contribution is -2.15. The molecule has 2 aromatic carbocycles. The Kier molecular flexibility index (Phi) is 7.14. The smallest absolute Gasteiger partial charge is 0.338 e. The summed E-state index contributed by atoms with van der Waals surface area (Å²) in [6.07, 6.45) is 0. The van der Waals surface area contributed by atoms with Crippen molar-refractivity contribution in [2.24, 2.45) is 0 Å². The zero-order valence-electron chi connectivity index (χ0n) is 17.2. The Morgan fingerprint density at radius 2 is 1.07 bits per heavy atom. The highest BCUT2D eigenvalue weighted by Crippen LogP contribution is 2.32. The molecule has 0 heterocycles. The van der Waals surface area contributed by atoms with Gasteiger partial charge in [0, 0.05) is 23.3 Å². The maximum absolute atomic E-state index is 13.3. The molecule has 0 aromatic heterocycles. The van der Waals surface area contributed by atoms with Gasteiger partial charge in [0.1, 0.15) is 23.0 Å². The highest BCUT2D eigenvalue weighted by Gasteiger charge is 2.23. The van der Waals surface area contributed by atoms with E-state index in [1.54, 1.807) is 12.1 Å². The standard InChI is InChI=1S/C23H22O7/c1-13(2)22(25)29-19-11-15(27-5)7-9-17(19)21(24)18-10-8-16(28-6)12-20(18)30-23(26)14(3)4/h7-12H,1,3H2,2,4-6H3. The van der Waals surface area contributed by atoms with Gasteiger partial charge in [-0.3, -0.25) is 4.79 Å². The molecule has 7 heteroatoms. The molecular weight excluding hydrogens is 388 g/mol. The van der Waals surface area contributed by atoms with Crippen LogP contribution >= 0.6 is 0 Å². The normalized spacial score (nSPS) is 10.0. The van der Waals surface area contributed by atoms with Gasteiger partial charge in [-0.05, 0) is 38.1 Å². The van der Waals surface area contributed by atoms with E-state index in [1.807, 2.05) is 0 Å². The summed E-state index contributed by atoms with van der Waals surface area (Å²) < 4.78 is 20.9. The van der Waals surface area contributed by atoms with E-state index >= 15 is 0 Å². The SMILES string of the molecule is C=C(C)C(=O)Oc1cc(OC)ccc1C(=O)c1ccc(OC)cc1OC(=O)C(=C)C. The van der Waals surface area contributed by atoms with Crippen molar-refractivity contribution < 1.29 is 33.3 Å². The van der Waals surface area contributed by atoms with Gasteiger partial charge < -0.3 is 18.9 Å². The Bertz CT molecular complexity index is 952. The number of hydrogen-bond donors (Lipinski definition) is 0. The van der Waals surface area contributed by atoms with Crippen molar-refractivity contribution in [3.63, 3.8) is 0 Å². The molecule has 0 atom stereocenters. The van der Waals surface area contributed by atoms with E-state index < -0.39 is 17.7 Å². The molecule has 0 amide bonds. The summed E-state index contributed by atoms with van der Waals surface area (Å²) >= 11 is 0. The molecule has 0 unspecified atom stereocenters. The minimum atomic E-state index is -0.694. The molecule has 0 bridgehead atoms. The van der Waals surface area contributed by atoms with Gasteiger partial charge in [0.15, 0.2) is 0 Å². The lowest BCUT2D eigenvalue weighted by atomic mass is 10.0. The average molecular weight is 410 g/mol. The van der Waals surface area contributed by atoms with E-state index in [1.165, 1.54) is 52.3 Å². The number of methoxy groups -OCH3 is 2. The third-order valence-corrected chi connectivity index (χ3v) is 3.97. The molecule has 2 rings (SSSR count). The topological polar surface area (TPSA) is 88.1 Å². The third kappa shape index (κ3) is 5.14. The van der Waals surface area contributed by atoms with Crippen LogP contribution in [0.1, 0.15) is 29.8 Å². The first-order chi connectivity index (χ1) is 14.2. The Labute approximate surface area is 174 Å². The molecular formula is C23H22O7. The number of carbonyl (C=O) groups is 3. The fraction of sp³-hybridized carbons (Fsp3) is 0.174. The van der Waals surface area contributed by atoms with E-state index in [0.717, 1.165) is 0 Å². The molecule has 0 saturated heterocycles. The number of hydrogen-bond acceptors (Lipinski definition) is 7. The van der Waals surface area contributed by atoms with Crippen LogP contribution in [0.5, 0.6) is 23.0 Å². The predicted molar refractivity (Wildman–Crippen MR) is 110 cm³/mol. The van der Waals surface area contributed by atoms with Crippen LogP contribution in [0.2, 0.25) is 0 Å². The molecule has 0 aliphatic carbocycles. The van der Waals surface area contributed by atoms with Crippen LogP contribution in [0.3, 0.4) is 0 Å². The summed E-state index contributed by atoms with van der Waals surface area (Å²) in [5.74, 6) is -1.17. The number of ketones is 1. The van der Waals surface area contributed by atoms with Crippen LogP contribution in [0.25, 0.3) is 0 Å². The second-order valence-corrected chi connectivity index (χ2v) is 6.39. The first kappa shape index (κ1) is 22.4. The van der Waals surface area contributed by atoms with Gasteiger partial charge in [-0.15, -0.1) is 0 Å². The fourth-order valence-corrected chi connectivity index (χ4v) is 2.32. The van der Waals surface area contributed by atoms with Crippen molar-refractivity contribution in [1.82, 2.24) is 0 Å². The summed E-state index contributed by atoms with van der Waals surface area (Å²) in [4.78, 5) is 37.3. The average Bonchev–Trinajstić information content (AvgIpc) is 2.72. The Morgan fingerprint density at radius 3 is 1.37 bits per heavy atom. The number of esters is 2. The van der Waals surface area contributed by atoms with Crippen LogP contribution in [0.15, 0.2) is 60.7 Å². The molecule has 0 spiro atoms. The molecule has 0 saturated carbocycles. The van der Waals surface area contributed by atoms with Crippen molar-refractivity contribution in [3.05, 3.63) is 71.8 Å². The van der Waals surface area contributed by atoms with Crippen LogP contribution in [0, 0.1) is 0 Å². The molecule has 0 fully saturated rings. The largest absolute Gasteiger partial charge is 0.497 e. The predicted octanol–water partition coefficient (Wildman–Crippen LogP) is 3.90. The molecule has 2 aromatic rings. The Balaban J connectivity index is 2.56. The summed E-state index contributed by atoms with van der Waals surface area (Å²) in [6, 6.07) is 8.84. The van der Waals surface area contributed by atoms with Gasteiger partial charge in [0.25, 0.3) is 0 Å². The monoisotopic (exact) mass is 410 g/mol. The molecule has 156 valence electrons. The van der Waals surface area contributed by atoms with E-state index in [9.17, 15) is 14.4 Å². The van der Waals surface area contributed by atoms with Crippen molar-refractivity contribution in [2.45, 2.75) is 13.8 Å². The summed E-state index contributed by atoms with van der Waals surface area (Å²) in [7, 11) is 2.89. The second-order valence-electron chi connectivity index (χ2n) is 6.39. The summed E-state index contributed by atoms with van der Waals surface area (Å²) in [5.41, 5.74) is 0.472. The Morgan fingerprint density at radius 1 is 0.700 bits per heavy atom. The Hall–Kier alpha value is -3.87. The van der Waals surface area contributed by atoms with Gasteiger partial charge in [0.05, 0.1) is 25.3 Å². The summed E-state index contributed by atoms with van der Waals surface area (Å²) in [5, 5.41) is 0.